The lowest BCUT2D eigenvalue weighted by Crippen LogP contribution is -2.10. The zero-order chi connectivity index (χ0) is 19.9. The lowest BCUT2D eigenvalue weighted by Gasteiger charge is -2.07. The van der Waals surface area contributed by atoms with E-state index in [2.05, 4.69) is 4.57 Å². The van der Waals surface area contributed by atoms with Gasteiger partial charge in [-0.05, 0) is 68.3 Å². The molecule has 0 saturated heterocycles. The fraction of sp³-hybridized carbons (Fsp3) is 0.261. The molecule has 0 spiro atoms. The van der Waals surface area contributed by atoms with Crippen LogP contribution in [0.3, 0.4) is 0 Å². The van der Waals surface area contributed by atoms with E-state index in [1.807, 2.05) is 63.2 Å². The minimum Gasteiger partial charge on any atom is -0.490 e. The Bertz CT molecular complexity index is 951. The summed E-state index contributed by atoms with van der Waals surface area (Å²) < 4.78 is 18.4. The maximum Gasteiger partial charge on any atom is 0.330 e. The topological polar surface area (TPSA) is 53.6 Å². The van der Waals surface area contributed by atoms with E-state index in [0.717, 1.165) is 34.0 Å². The third kappa shape index (κ3) is 5.16. The summed E-state index contributed by atoms with van der Waals surface area (Å²) in [6, 6.07) is 13.6. The number of benzene rings is 1. The summed E-state index contributed by atoms with van der Waals surface area (Å²) in [5.41, 5.74) is 4.29. The van der Waals surface area contributed by atoms with Gasteiger partial charge in [-0.15, -0.1) is 0 Å². The fourth-order valence-corrected chi connectivity index (χ4v) is 3.01. The third-order valence-electron chi connectivity index (χ3n) is 4.49. The summed E-state index contributed by atoms with van der Waals surface area (Å²) in [6.07, 6.45) is 4.90. The number of aryl methyl sites for hydroxylation is 2. The summed E-state index contributed by atoms with van der Waals surface area (Å²) in [7, 11) is 0. The van der Waals surface area contributed by atoms with Crippen LogP contribution in [-0.2, 0) is 16.1 Å². The molecule has 146 valence electrons. The van der Waals surface area contributed by atoms with E-state index >= 15 is 0 Å². The highest BCUT2D eigenvalue weighted by atomic mass is 16.6. The second-order valence-corrected chi connectivity index (χ2v) is 6.66. The molecule has 2 heterocycles. The number of nitrogens with zero attached hydrogens (tertiary/aromatic N) is 1. The largest absolute Gasteiger partial charge is 0.490 e. The maximum atomic E-state index is 12.0. The monoisotopic (exact) mass is 379 g/mol. The van der Waals surface area contributed by atoms with Gasteiger partial charge in [0.25, 0.3) is 0 Å². The molecule has 0 saturated carbocycles. The first kappa shape index (κ1) is 19.5. The molecule has 0 amide bonds. The maximum absolute atomic E-state index is 12.0. The molecule has 0 bridgehead atoms. The molecule has 0 N–H and O–H groups in total. The molecule has 0 fully saturated rings. The van der Waals surface area contributed by atoms with Crippen LogP contribution >= 0.6 is 0 Å². The first-order valence-electron chi connectivity index (χ1n) is 9.26. The minimum absolute atomic E-state index is 0.203. The number of carbonyl (C=O) groups excluding carboxylic acids is 1. The average Bonchev–Trinajstić information content (AvgIpc) is 3.27. The van der Waals surface area contributed by atoms with Crippen LogP contribution in [0.15, 0.2) is 59.2 Å². The molecule has 2 aromatic heterocycles. The Labute approximate surface area is 165 Å². The molecule has 28 heavy (non-hydrogen) atoms. The molecule has 3 aromatic rings. The molecule has 0 aliphatic rings. The van der Waals surface area contributed by atoms with Crippen LogP contribution in [0.2, 0.25) is 0 Å². The summed E-state index contributed by atoms with van der Waals surface area (Å²) >= 11 is 0. The third-order valence-corrected chi connectivity index (χ3v) is 4.49. The Kier molecular flexibility index (Phi) is 6.37. The Balaban J connectivity index is 1.50. The van der Waals surface area contributed by atoms with Gasteiger partial charge in [0.1, 0.15) is 24.7 Å². The normalized spacial score (nSPS) is 11.1. The summed E-state index contributed by atoms with van der Waals surface area (Å²) in [5, 5.41) is 0. The van der Waals surface area contributed by atoms with E-state index in [9.17, 15) is 4.79 Å². The first-order chi connectivity index (χ1) is 13.5. The van der Waals surface area contributed by atoms with Crippen molar-refractivity contribution in [2.75, 3.05) is 13.2 Å². The van der Waals surface area contributed by atoms with Crippen molar-refractivity contribution in [1.29, 1.82) is 0 Å². The average molecular weight is 379 g/mol. The van der Waals surface area contributed by atoms with Gasteiger partial charge in [0.05, 0.1) is 12.8 Å². The number of furan rings is 1. The molecule has 5 nitrogen and oxygen atoms in total. The van der Waals surface area contributed by atoms with Gasteiger partial charge < -0.3 is 18.5 Å². The molecule has 0 atom stereocenters. The van der Waals surface area contributed by atoms with Crippen LogP contribution in [0.5, 0.6) is 5.75 Å². The lowest BCUT2D eigenvalue weighted by molar-refractivity contribution is -0.138. The number of hydrogen-bond acceptors (Lipinski definition) is 4. The zero-order valence-corrected chi connectivity index (χ0v) is 16.5. The Morgan fingerprint density at radius 3 is 2.71 bits per heavy atom. The smallest absolute Gasteiger partial charge is 0.330 e. The van der Waals surface area contributed by atoms with E-state index in [0.29, 0.717) is 13.2 Å². The number of hydrogen-bond donors (Lipinski definition) is 0. The first-order valence-corrected chi connectivity index (χ1v) is 9.26. The number of esters is 1. The van der Waals surface area contributed by atoms with Gasteiger partial charge in [-0.3, -0.25) is 0 Å². The van der Waals surface area contributed by atoms with E-state index in [1.54, 1.807) is 12.3 Å². The molecule has 3 rings (SSSR count). The Morgan fingerprint density at radius 1 is 1.11 bits per heavy atom. The number of ether oxygens (including phenoxy) is 2. The van der Waals surface area contributed by atoms with Gasteiger partial charge in [-0.2, -0.15) is 0 Å². The number of aromatic nitrogens is 1. The summed E-state index contributed by atoms with van der Waals surface area (Å²) in [6.45, 7) is 7.25. The molecule has 0 aliphatic carbocycles. The van der Waals surface area contributed by atoms with Crippen molar-refractivity contribution in [2.24, 2.45) is 0 Å². The zero-order valence-electron chi connectivity index (χ0n) is 16.5. The molecule has 0 radical (unpaired) electrons. The standard InChI is InChI=1S/C23H25NO4/c1-17-6-4-7-21(14-17)27-12-13-28-23(25)10-9-20-15-18(2)24(19(20)3)16-22-8-5-11-26-22/h4-11,14-15H,12-13,16H2,1-3H3/b10-9+. The van der Waals surface area contributed by atoms with Crippen molar-refractivity contribution in [3.63, 3.8) is 0 Å². The van der Waals surface area contributed by atoms with Crippen LogP contribution < -0.4 is 4.74 Å². The SMILES string of the molecule is Cc1cccc(OCCOC(=O)/C=C/c2cc(C)n(Cc3ccco3)c2C)c1. The second-order valence-electron chi connectivity index (χ2n) is 6.66. The Morgan fingerprint density at radius 2 is 1.96 bits per heavy atom. The van der Waals surface area contributed by atoms with E-state index in [-0.39, 0.29) is 12.6 Å². The van der Waals surface area contributed by atoms with Gasteiger partial charge in [0.15, 0.2) is 0 Å². The quantitative estimate of drug-likeness (QED) is 0.324. The van der Waals surface area contributed by atoms with Crippen LogP contribution in [0, 0.1) is 20.8 Å². The molecule has 0 unspecified atom stereocenters. The van der Waals surface area contributed by atoms with Crippen LogP contribution in [0.25, 0.3) is 6.08 Å². The summed E-state index contributed by atoms with van der Waals surface area (Å²) in [4.78, 5) is 12.0. The predicted octanol–water partition coefficient (Wildman–Crippen LogP) is 4.69. The molecular formula is C23H25NO4. The molecule has 0 aliphatic heterocycles. The van der Waals surface area contributed by atoms with Crippen molar-refractivity contribution in [2.45, 2.75) is 27.3 Å². The second kappa shape index (κ2) is 9.13. The number of rotatable bonds is 8. The lowest BCUT2D eigenvalue weighted by atomic mass is 10.2. The van der Waals surface area contributed by atoms with Crippen molar-refractivity contribution in [3.8, 4) is 5.75 Å². The minimum atomic E-state index is -0.385. The van der Waals surface area contributed by atoms with Crippen LogP contribution in [0.1, 0.15) is 28.3 Å². The van der Waals surface area contributed by atoms with Crippen molar-refractivity contribution in [3.05, 3.63) is 83.1 Å². The van der Waals surface area contributed by atoms with E-state index in [1.165, 1.54) is 6.08 Å². The van der Waals surface area contributed by atoms with Gasteiger partial charge in [0.2, 0.25) is 0 Å². The van der Waals surface area contributed by atoms with Gasteiger partial charge in [0, 0.05) is 17.5 Å². The molecule has 5 heteroatoms. The highest BCUT2D eigenvalue weighted by Gasteiger charge is 2.09. The highest BCUT2D eigenvalue weighted by Crippen LogP contribution is 2.19. The van der Waals surface area contributed by atoms with E-state index in [4.69, 9.17) is 13.9 Å². The van der Waals surface area contributed by atoms with Gasteiger partial charge >= 0.3 is 5.97 Å². The van der Waals surface area contributed by atoms with Crippen molar-refractivity contribution >= 4 is 12.0 Å². The van der Waals surface area contributed by atoms with Crippen LogP contribution in [0.4, 0.5) is 0 Å². The van der Waals surface area contributed by atoms with Crippen molar-refractivity contribution < 1.29 is 18.7 Å². The highest BCUT2D eigenvalue weighted by molar-refractivity contribution is 5.87. The molecule has 1 aromatic carbocycles. The predicted molar refractivity (Wildman–Crippen MR) is 108 cm³/mol. The molecular weight excluding hydrogens is 354 g/mol. The van der Waals surface area contributed by atoms with Crippen LogP contribution in [-0.4, -0.2) is 23.8 Å². The van der Waals surface area contributed by atoms with Crippen molar-refractivity contribution in [1.82, 2.24) is 4.57 Å². The fourth-order valence-electron chi connectivity index (χ4n) is 3.01. The van der Waals surface area contributed by atoms with Gasteiger partial charge in [-0.1, -0.05) is 12.1 Å². The van der Waals surface area contributed by atoms with E-state index < -0.39 is 0 Å². The van der Waals surface area contributed by atoms with Gasteiger partial charge in [-0.25, -0.2) is 4.79 Å². The Hall–Kier alpha value is -3.21. The summed E-state index contributed by atoms with van der Waals surface area (Å²) in [5.74, 6) is 1.28. The number of carbonyl (C=O) groups is 1.